The van der Waals surface area contributed by atoms with E-state index >= 15 is 0 Å². The van der Waals surface area contributed by atoms with Crippen molar-refractivity contribution in [3.05, 3.63) is 138 Å². The third-order valence-electron chi connectivity index (χ3n) is 7.99. The molecule has 0 radical (unpaired) electrons. The predicted molar refractivity (Wildman–Crippen MR) is 161 cm³/mol. The van der Waals surface area contributed by atoms with Crippen LogP contribution in [0.2, 0.25) is 0 Å². The number of alkyl halides is 1. The smallest absolute Gasteiger partial charge is 0.144 e. The van der Waals surface area contributed by atoms with Gasteiger partial charge in [0.1, 0.15) is 0 Å². The maximum atomic E-state index is 5.16. The van der Waals surface area contributed by atoms with Gasteiger partial charge in [-0.3, -0.25) is 0 Å². The SMILES string of the molecule is ICC1CCC(c2ccccc2-c2nnn(C(c3ccccc3)(c3ccccc3)c3ccccc3)n2)CC1. The minimum Gasteiger partial charge on any atom is -0.144 e. The molecule has 0 N–H and O–H groups in total. The number of rotatable bonds is 7. The average Bonchev–Trinajstić information content (AvgIpc) is 3.50. The summed E-state index contributed by atoms with van der Waals surface area (Å²) in [6, 6.07) is 40.2. The molecule has 0 atom stereocenters. The predicted octanol–water partition coefficient (Wildman–Crippen LogP) is 7.89. The number of tetrazole rings is 1. The van der Waals surface area contributed by atoms with Crippen LogP contribution in [0.25, 0.3) is 11.4 Å². The van der Waals surface area contributed by atoms with E-state index < -0.39 is 5.54 Å². The highest BCUT2D eigenvalue weighted by Crippen LogP contribution is 2.42. The van der Waals surface area contributed by atoms with Crippen molar-refractivity contribution in [3.8, 4) is 11.4 Å². The van der Waals surface area contributed by atoms with E-state index in [1.807, 2.05) is 23.0 Å². The molecule has 1 fully saturated rings. The number of halogens is 1. The highest BCUT2D eigenvalue weighted by Gasteiger charge is 2.41. The molecule has 5 heteroatoms. The molecule has 4 nitrogen and oxygen atoms in total. The van der Waals surface area contributed by atoms with Gasteiger partial charge < -0.3 is 0 Å². The molecule has 0 amide bonds. The highest BCUT2D eigenvalue weighted by atomic mass is 127. The molecular weight excluding hydrogens is 579 g/mol. The number of nitrogens with zero attached hydrogens (tertiary/aromatic N) is 4. The molecule has 1 heterocycles. The Hall–Kier alpha value is -3.32. The number of aromatic nitrogens is 4. The number of hydrogen-bond donors (Lipinski definition) is 0. The minimum atomic E-state index is -0.762. The van der Waals surface area contributed by atoms with Crippen molar-refractivity contribution in [2.75, 3.05) is 4.43 Å². The third-order valence-corrected chi connectivity index (χ3v) is 9.24. The van der Waals surface area contributed by atoms with Crippen molar-refractivity contribution in [1.29, 1.82) is 0 Å². The van der Waals surface area contributed by atoms with Crippen LogP contribution < -0.4 is 0 Å². The second-order valence-corrected chi connectivity index (χ2v) is 11.1. The van der Waals surface area contributed by atoms with Gasteiger partial charge in [-0.05, 0) is 65.0 Å². The summed E-state index contributed by atoms with van der Waals surface area (Å²) in [5.74, 6) is 2.07. The molecule has 38 heavy (non-hydrogen) atoms. The fourth-order valence-corrected chi connectivity index (χ4v) is 6.91. The van der Waals surface area contributed by atoms with Crippen LogP contribution in [-0.4, -0.2) is 24.6 Å². The molecule has 1 saturated carbocycles. The van der Waals surface area contributed by atoms with Gasteiger partial charge in [0.15, 0.2) is 5.54 Å². The second-order valence-electron chi connectivity index (χ2n) is 10.2. The molecule has 6 rings (SSSR count). The van der Waals surface area contributed by atoms with Crippen molar-refractivity contribution >= 4 is 22.6 Å². The van der Waals surface area contributed by atoms with Crippen LogP contribution in [-0.2, 0) is 5.54 Å². The Kier molecular flexibility index (Phi) is 7.36. The average molecular weight is 611 g/mol. The number of benzene rings is 4. The Bertz CT molecular complexity index is 1360. The topological polar surface area (TPSA) is 43.6 Å². The molecule has 4 aromatic carbocycles. The lowest BCUT2D eigenvalue weighted by Gasteiger charge is -2.34. The standard InChI is InChI=1S/C33H31IN4/c34-24-25-20-22-26(23-21-25)30-18-10-11-19-31(30)32-35-37-38(36-32)33(27-12-4-1-5-13-27,28-14-6-2-7-15-28)29-16-8-3-9-17-29/h1-19,25-26H,20-24H2. The normalized spacial score (nSPS) is 17.8. The Balaban J connectivity index is 1.51. The van der Waals surface area contributed by atoms with Gasteiger partial charge in [0.2, 0.25) is 5.82 Å². The summed E-state index contributed by atoms with van der Waals surface area (Å²) < 4.78 is 1.25. The van der Waals surface area contributed by atoms with Crippen LogP contribution in [0.1, 0.15) is 53.9 Å². The lowest BCUT2D eigenvalue weighted by atomic mass is 9.77. The summed E-state index contributed by atoms with van der Waals surface area (Å²) in [4.78, 5) is 1.83. The maximum absolute atomic E-state index is 5.16. The second kappa shape index (κ2) is 11.2. The molecule has 1 aromatic heterocycles. The quantitative estimate of drug-likeness (QED) is 0.107. The third kappa shape index (κ3) is 4.57. The molecule has 0 bridgehead atoms. The molecule has 0 saturated heterocycles. The molecular formula is C33H31IN4. The van der Waals surface area contributed by atoms with Crippen molar-refractivity contribution in [1.82, 2.24) is 20.2 Å². The van der Waals surface area contributed by atoms with Gasteiger partial charge in [-0.15, -0.1) is 15.0 Å². The van der Waals surface area contributed by atoms with Crippen LogP contribution >= 0.6 is 22.6 Å². The zero-order valence-electron chi connectivity index (χ0n) is 21.3. The van der Waals surface area contributed by atoms with E-state index in [1.54, 1.807) is 0 Å². The van der Waals surface area contributed by atoms with Gasteiger partial charge in [0.25, 0.3) is 0 Å². The van der Waals surface area contributed by atoms with E-state index in [2.05, 4.69) is 120 Å². The minimum absolute atomic E-state index is 0.541. The van der Waals surface area contributed by atoms with E-state index in [-0.39, 0.29) is 0 Å². The Labute approximate surface area is 238 Å². The Morgan fingerprint density at radius 1 is 0.658 bits per heavy atom. The first kappa shape index (κ1) is 25.0. The summed E-state index contributed by atoms with van der Waals surface area (Å²) in [5.41, 5.74) is 4.95. The van der Waals surface area contributed by atoms with Crippen molar-refractivity contribution < 1.29 is 0 Å². The fourth-order valence-electron chi connectivity index (χ4n) is 6.03. The zero-order chi connectivity index (χ0) is 25.8. The molecule has 5 aromatic rings. The van der Waals surface area contributed by atoms with Crippen LogP contribution in [0, 0.1) is 5.92 Å². The van der Waals surface area contributed by atoms with Crippen LogP contribution in [0.15, 0.2) is 115 Å². The van der Waals surface area contributed by atoms with E-state index in [1.165, 1.54) is 35.7 Å². The van der Waals surface area contributed by atoms with Gasteiger partial charge in [-0.2, -0.15) is 0 Å². The summed E-state index contributed by atoms with van der Waals surface area (Å²) in [5, 5.41) is 14.6. The molecule has 0 aliphatic heterocycles. The summed E-state index contributed by atoms with van der Waals surface area (Å²) in [6.07, 6.45) is 5.03. The van der Waals surface area contributed by atoms with Crippen LogP contribution in [0.4, 0.5) is 0 Å². The van der Waals surface area contributed by atoms with E-state index in [0.29, 0.717) is 11.7 Å². The van der Waals surface area contributed by atoms with E-state index in [4.69, 9.17) is 15.4 Å². The van der Waals surface area contributed by atoms with Gasteiger partial charge >= 0.3 is 0 Å². The van der Waals surface area contributed by atoms with Gasteiger partial charge in [0, 0.05) is 9.99 Å². The highest BCUT2D eigenvalue weighted by molar-refractivity contribution is 14.1. The number of hydrogen-bond acceptors (Lipinski definition) is 3. The molecule has 190 valence electrons. The lowest BCUT2D eigenvalue weighted by Crippen LogP contribution is -2.39. The van der Waals surface area contributed by atoms with Crippen molar-refractivity contribution in [2.45, 2.75) is 37.1 Å². The first-order valence-corrected chi connectivity index (χ1v) is 15.0. The van der Waals surface area contributed by atoms with E-state index in [0.717, 1.165) is 28.2 Å². The first-order valence-electron chi connectivity index (χ1n) is 13.4. The van der Waals surface area contributed by atoms with Crippen molar-refractivity contribution in [2.24, 2.45) is 5.92 Å². The van der Waals surface area contributed by atoms with Gasteiger partial charge in [-0.25, -0.2) is 0 Å². The van der Waals surface area contributed by atoms with Crippen LogP contribution in [0.5, 0.6) is 0 Å². The molecule has 0 spiro atoms. The largest absolute Gasteiger partial charge is 0.205 e. The Morgan fingerprint density at radius 2 is 1.16 bits per heavy atom. The Morgan fingerprint density at radius 3 is 1.68 bits per heavy atom. The zero-order valence-corrected chi connectivity index (χ0v) is 23.5. The summed E-state index contributed by atoms with van der Waals surface area (Å²) in [7, 11) is 0. The molecule has 1 aliphatic carbocycles. The van der Waals surface area contributed by atoms with Gasteiger partial charge in [0.05, 0.1) is 0 Å². The summed E-state index contributed by atoms with van der Waals surface area (Å²) >= 11 is 2.54. The summed E-state index contributed by atoms with van der Waals surface area (Å²) in [6.45, 7) is 0. The van der Waals surface area contributed by atoms with Gasteiger partial charge in [-0.1, -0.05) is 138 Å². The van der Waals surface area contributed by atoms with E-state index in [9.17, 15) is 0 Å². The monoisotopic (exact) mass is 610 g/mol. The first-order chi connectivity index (χ1) is 18.8. The fraction of sp³-hybridized carbons (Fsp3) is 0.242. The molecule has 1 aliphatic rings. The van der Waals surface area contributed by atoms with Crippen LogP contribution in [0.3, 0.4) is 0 Å². The maximum Gasteiger partial charge on any atom is 0.205 e. The van der Waals surface area contributed by atoms with Crippen molar-refractivity contribution in [3.63, 3.8) is 0 Å². The molecule has 0 unspecified atom stereocenters. The lowest BCUT2D eigenvalue weighted by molar-refractivity contribution is 0.356.